The van der Waals surface area contributed by atoms with Crippen molar-refractivity contribution >= 4 is 15.9 Å². The number of primary sulfonamides is 1. The summed E-state index contributed by atoms with van der Waals surface area (Å²) in [5, 5.41) is 17.2. The van der Waals surface area contributed by atoms with Crippen LogP contribution < -0.4 is 10.5 Å². The van der Waals surface area contributed by atoms with E-state index in [0.29, 0.717) is 0 Å². The standard InChI is InChI=1S/C16H23FN2O5S/c17-15-7-6-13(25(18,22)23)8-14(15)16(21)19-9-11(20)10-24-12-4-2-1-3-5-12/h6-8,11-12,20H,1-5,9-10H2,(H,19,21)(H2,18,22,23). The van der Waals surface area contributed by atoms with E-state index in [1.165, 1.54) is 6.42 Å². The molecule has 1 aliphatic rings. The fourth-order valence-corrected chi connectivity index (χ4v) is 3.24. The summed E-state index contributed by atoms with van der Waals surface area (Å²) in [7, 11) is -4.04. The summed E-state index contributed by atoms with van der Waals surface area (Å²) in [6.07, 6.45) is 4.53. The number of aliphatic hydroxyl groups is 1. The van der Waals surface area contributed by atoms with Gasteiger partial charge in [0.05, 0.1) is 29.3 Å². The van der Waals surface area contributed by atoms with Crippen LogP contribution in [-0.2, 0) is 14.8 Å². The lowest BCUT2D eigenvalue weighted by Crippen LogP contribution is -2.36. The van der Waals surface area contributed by atoms with Crippen LogP contribution in [0.1, 0.15) is 42.5 Å². The first-order valence-electron chi connectivity index (χ1n) is 8.17. The number of sulfonamides is 1. The number of benzene rings is 1. The van der Waals surface area contributed by atoms with Crippen molar-refractivity contribution in [2.45, 2.75) is 49.2 Å². The normalized spacial score (nSPS) is 17.2. The largest absolute Gasteiger partial charge is 0.389 e. The Labute approximate surface area is 146 Å². The number of amides is 1. The third-order valence-electron chi connectivity index (χ3n) is 4.09. The number of hydrogen-bond donors (Lipinski definition) is 3. The zero-order chi connectivity index (χ0) is 18.4. The summed E-state index contributed by atoms with van der Waals surface area (Å²) >= 11 is 0. The fraction of sp³-hybridized carbons (Fsp3) is 0.562. The van der Waals surface area contributed by atoms with Crippen molar-refractivity contribution in [2.24, 2.45) is 5.14 Å². The summed E-state index contributed by atoms with van der Waals surface area (Å²) in [5.41, 5.74) is -0.452. The van der Waals surface area contributed by atoms with Crippen LogP contribution in [0.25, 0.3) is 0 Å². The molecule has 1 unspecified atom stereocenters. The van der Waals surface area contributed by atoms with Gasteiger partial charge in [0.1, 0.15) is 5.82 Å². The van der Waals surface area contributed by atoms with Crippen molar-refractivity contribution in [3.8, 4) is 0 Å². The maximum absolute atomic E-state index is 13.7. The lowest BCUT2D eigenvalue weighted by molar-refractivity contribution is -0.0225. The molecule has 1 fully saturated rings. The molecular weight excluding hydrogens is 351 g/mol. The number of carbonyl (C=O) groups excluding carboxylic acids is 1. The van der Waals surface area contributed by atoms with Crippen LogP contribution in [0.3, 0.4) is 0 Å². The van der Waals surface area contributed by atoms with Gasteiger partial charge in [-0.05, 0) is 31.0 Å². The summed E-state index contributed by atoms with van der Waals surface area (Å²) in [6.45, 7) is -0.0603. The zero-order valence-electron chi connectivity index (χ0n) is 13.8. The molecule has 0 aliphatic heterocycles. The highest BCUT2D eigenvalue weighted by Gasteiger charge is 2.19. The van der Waals surface area contributed by atoms with Gasteiger partial charge in [0, 0.05) is 6.54 Å². The monoisotopic (exact) mass is 374 g/mol. The van der Waals surface area contributed by atoms with Gasteiger partial charge in [0.2, 0.25) is 10.0 Å². The molecule has 0 radical (unpaired) electrons. The highest BCUT2D eigenvalue weighted by molar-refractivity contribution is 7.89. The Morgan fingerprint density at radius 2 is 2.04 bits per heavy atom. The van der Waals surface area contributed by atoms with Crippen LogP contribution >= 0.6 is 0 Å². The Bertz CT molecular complexity index is 704. The molecule has 9 heteroatoms. The van der Waals surface area contributed by atoms with Crippen molar-refractivity contribution in [3.05, 3.63) is 29.6 Å². The van der Waals surface area contributed by atoms with E-state index >= 15 is 0 Å². The average molecular weight is 374 g/mol. The lowest BCUT2D eigenvalue weighted by atomic mass is 9.98. The van der Waals surface area contributed by atoms with E-state index in [2.05, 4.69) is 5.32 Å². The molecule has 1 amide bonds. The highest BCUT2D eigenvalue weighted by Crippen LogP contribution is 2.20. The molecule has 1 aliphatic carbocycles. The number of carbonyl (C=O) groups is 1. The number of ether oxygens (including phenoxy) is 1. The molecular formula is C16H23FN2O5S. The van der Waals surface area contributed by atoms with Crippen molar-refractivity contribution < 1.29 is 27.4 Å². The topological polar surface area (TPSA) is 119 Å². The van der Waals surface area contributed by atoms with E-state index in [4.69, 9.17) is 9.88 Å². The molecule has 25 heavy (non-hydrogen) atoms. The molecule has 7 nitrogen and oxygen atoms in total. The molecule has 1 aromatic carbocycles. The Balaban J connectivity index is 1.87. The van der Waals surface area contributed by atoms with E-state index in [1.54, 1.807) is 0 Å². The van der Waals surface area contributed by atoms with Crippen molar-refractivity contribution in [3.63, 3.8) is 0 Å². The van der Waals surface area contributed by atoms with E-state index in [-0.39, 0.29) is 24.2 Å². The van der Waals surface area contributed by atoms with Crippen molar-refractivity contribution in [1.82, 2.24) is 5.32 Å². The lowest BCUT2D eigenvalue weighted by Gasteiger charge is -2.23. The van der Waals surface area contributed by atoms with E-state index in [0.717, 1.165) is 43.9 Å². The molecule has 140 valence electrons. The van der Waals surface area contributed by atoms with Gasteiger partial charge in [-0.1, -0.05) is 19.3 Å². The third-order valence-corrected chi connectivity index (χ3v) is 5.00. The molecule has 2 rings (SSSR count). The van der Waals surface area contributed by atoms with Crippen molar-refractivity contribution in [2.75, 3.05) is 13.2 Å². The number of aliphatic hydroxyl groups excluding tert-OH is 1. The minimum Gasteiger partial charge on any atom is -0.389 e. The van der Waals surface area contributed by atoms with Crippen molar-refractivity contribution in [1.29, 1.82) is 0 Å². The first kappa shape index (κ1) is 19.8. The van der Waals surface area contributed by atoms with Gasteiger partial charge in [-0.15, -0.1) is 0 Å². The SMILES string of the molecule is NS(=O)(=O)c1ccc(F)c(C(=O)NCC(O)COC2CCCCC2)c1. The molecule has 0 heterocycles. The molecule has 0 aromatic heterocycles. The second-order valence-corrected chi connectivity index (χ2v) is 7.71. The summed E-state index contributed by atoms with van der Waals surface area (Å²) < 4.78 is 41.9. The molecule has 0 bridgehead atoms. The van der Waals surface area contributed by atoms with Crippen LogP contribution in [0.5, 0.6) is 0 Å². The predicted molar refractivity (Wildman–Crippen MR) is 88.9 cm³/mol. The molecule has 1 atom stereocenters. The Morgan fingerprint density at radius 1 is 1.36 bits per heavy atom. The maximum Gasteiger partial charge on any atom is 0.254 e. The Morgan fingerprint density at radius 3 is 2.68 bits per heavy atom. The van der Waals surface area contributed by atoms with Crippen LogP contribution in [0.15, 0.2) is 23.1 Å². The molecule has 1 saturated carbocycles. The molecule has 1 aromatic rings. The Kier molecular flexibility index (Phi) is 6.88. The highest BCUT2D eigenvalue weighted by atomic mass is 32.2. The van der Waals surface area contributed by atoms with E-state index in [1.807, 2.05) is 0 Å². The molecule has 4 N–H and O–H groups in total. The van der Waals surface area contributed by atoms with Gasteiger partial charge in [0.25, 0.3) is 5.91 Å². The Hall–Kier alpha value is -1.55. The second-order valence-electron chi connectivity index (χ2n) is 6.14. The first-order valence-corrected chi connectivity index (χ1v) is 9.72. The zero-order valence-corrected chi connectivity index (χ0v) is 14.6. The van der Waals surface area contributed by atoms with Crippen LogP contribution in [-0.4, -0.2) is 44.8 Å². The number of halogens is 1. The minimum atomic E-state index is -4.04. The summed E-state index contributed by atoms with van der Waals surface area (Å²) in [5.74, 6) is -1.71. The van der Waals surface area contributed by atoms with Crippen LogP contribution in [0, 0.1) is 5.82 Å². The maximum atomic E-state index is 13.7. The predicted octanol–water partition coefficient (Wildman–Crippen LogP) is 0.913. The summed E-state index contributed by atoms with van der Waals surface area (Å²) in [4.78, 5) is 11.7. The number of nitrogens with two attached hydrogens (primary N) is 1. The van der Waals surface area contributed by atoms with Gasteiger partial charge >= 0.3 is 0 Å². The molecule has 0 spiro atoms. The van der Waals surface area contributed by atoms with E-state index < -0.39 is 33.4 Å². The third kappa shape index (κ3) is 6.03. The minimum absolute atomic E-state index is 0.0741. The van der Waals surface area contributed by atoms with Crippen LogP contribution in [0.2, 0.25) is 0 Å². The van der Waals surface area contributed by atoms with Gasteiger partial charge in [-0.3, -0.25) is 4.79 Å². The van der Waals surface area contributed by atoms with Gasteiger partial charge in [-0.2, -0.15) is 0 Å². The smallest absolute Gasteiger partial charge is 0.254 e. The van der Waals surface area contributed by atoms with Gasteiger partial charge in [0.15, 0.2) is 0 Å². The second kappa shape index (κ2) is 8.70. The van der Waals surface area contributed by atoms with E-state index in [9.17, 15) is 22.7 Å². The first-order chi connectivity index (χ1) is 11.8. The quantitative estimate of drug-likeness (QED) is 0.656. The summed E-state index contributed by atoms with van der Waals surface area (Å²) in [6, 6.07) is 2.70. The van der Waals surface area contributed by atoms with Gasteiger partial charge in [-0.25, -0.2) is 17.9 Å². The molecule has 0 saturated heterocycles. The average Bonchev–Trinajstić information content (AvgIpc) is 2.58. The van der Waals surface area contributed by atoms with Crippen LogP contribution in [0.4, 0.5) is 4.39 Å². The number of hydrogen-bond acceptors (Lipinski definition) is 5. The fourth-order valence-electron chi connectivity index (χ4n) is 2.70. The number of nitrogens with one attached hydrogen (secondary N) is 1. The number of rotatable bonds is 7. The van der Waals surface area contributed by atoms with Gasteiger partial charge < -0.3 is 15.2 Å².